The van der Waals surface area contributed by atoms with Gasteiger partial charge in [0.15, 0.2) is 0 Å². The van der Waals surface area contributed by atoms with Crippen LogP contribution < -0.4 is 9.62 Å². The highest BCUT2D eigenvalue weighted by Crippen LogP contribution is 2.28. The van der Waals surface area contributed by atoms with Crippen molar-refractivity contribution in [2.24, 2.45) is 0 Å². The number of nitrogens with zero attached hydrogens (tertiary/aromatic N) is 3. The first-order valence-electron chi connectivity index (χ1n) is 10.3. The van der Waals surface area contributed by atoms with Crippen molar-refractivity contribution in [2.75, 3.05) is 16.2 Å². The molecule has 34 heavy (non-hydrogen) atoms. The van der Waals surface area contributed by atoms with Crippen LogP contribution in [0.4, 0.5) is 10.8 Å². The molecule has 0 unspecified atom stereocenters. The number of carbonyl (C=O) groups is 1. The van der Waals surface area contributed by atoms with Crippen LogP contribution in [0.5, 0.6) is 0 Å². The summed E-state index contributed by atoms with van der Waals surface area (Å²) in [6.07, 6.45) is 0. The molecule has 7 nitrogen and oxygen atoms in total. The van der Waals surface area contributed by atoms with Crippen LogP contribution in [0.25, 0.3) is 10.6 Å². The minimum atomic E-state index is -4.00. The van der Waals surface area contributed by atoms with Crippen LogP contribution in [-0.2, 0) is 14.8 Å². The van der Waals surface area contributed by atoms with Crippen LogP contribution in [0.3, 0.4) is 0 Å². The highest BCUT2D eigenvalue weighted by Gasteiger charge is 2.27. The molecule has 174 valence electrons. The number of aryl methyl sites for hydroxylation is 2. The molecule has 0 radical (unpaired) electrons. The number of carbonyl (C=O) groups excluding carboxylic acids is 1. The summed E-state index contributed by atoms with van der Waals surface area (Å²) < 4.78 is 28.7. The van der Waals surface area contributed by atoms with Gasteiger partial charge in [0, 0.05) is 10.0 Å². The fraction of sp³-hybridized carbons (Fsp3) is 0.125. The summed E-state index contributed by atoms with van der Waals surface area (Å²) in [5, 5.41) is 11.8. The predicted octanol–water partition coefficient (Wildman–Crippen LogP) is 5.42. The quantitative estimate of drug-likeness (QED) is 0.328. The lowest BCUT2D eigenvalue weighted by molar-refractivity contribution is -0.114. The standard InChI is InChI=1S/C24H21BrN4O3S2/c1-16-6-10-18(11-7-16)23-27-28-24(33-23)26-22(30)15-29(20-5-3-4-19(25)14-20)34(31,32)21-12-8-17(2)9-13-21/h3-14H,15H2,1-2H3,(H,26,28,30). The lowest BCUT2D eigenvalue weighted by atomic mass is 10.2. The van der Waals surface area contributed by atoms with Crippen LogP contribution in [0.15, 0.2) is 82.2 Å². The van der Waals surface area contributed by atoms with Crippen molar-refractivity contribution in [3.63, 3.8) is 0 Å². The first-order chi connectivity index (χ1) is 16.2. The van der Waals surface area contributed by atoms with E-state index in [1.165, 1.54) is 23.5 Å². The molecule has 0 aliphatic rings. The van der Waals surface area contributed by atoms with Gasteiger partial charge < -0.3 is 0 Å². The van der Waals surface area contributed by atoms with Crippen LogP contribution in [0, 0.1) is 13.8 Å². The summed E-state index contributed by atoms with van der Waals surface area (Å²) >= 11 is 4.60. The molecule has 0 saturated heterocycles. The average Bonchev–Trinajstić information content (AvgIpc) is 3.26. The fourth-order valence-electron chi connectivity index (χ4n) is 3.16. The van der Waals surface area contributed by atoms with Crippen LogP contribution in [0.2, 0.25) is 0 Å². The lowest BCUT2D eigenvalue weighted by Crippen LogP contribution is -2.38. The molecule has 0 spiro atoms. The minimum absolute atomic E-state index is 0.100. The average molecular weight is 557 g/mol. The molecule has 0 aliphatic carbocycles. The Morgan fingerprint density at radius 2 is 1.62 bits per heavy atom. The van der Waals surface area contributed by atoms with E-state index in [2.05, 4.69) is 31.4 Å². The normalized spacial score (nSPS) is 11.3. The Morgan fingerprint density at radius 1 is 0.971 bits per heavy atom. The van der Waals surface area contributed by atoms with Gasteiger partial charge in [0.1, 0.15) is 11.6 Å². The van der Waals surface area contributed by atoms with E-state index in [1.54, 1.807) is 36.4 Å². The largest absolute Gasteiger partial charge is 0.299 e. The summed E-state index contributed by atoms with van der Waals surface area (Å²) in [6.45, 7) is 3.45. The molecule has 10 heteroatoms. The molecule has 0 fully saturated rings. The molecule has 1 amide bonds. The molecule has 0 atom stereocenters. The van der Waals surface area contributed by atoms with E-state index in [0.717, 1.165) is 21.0 Å². The summed E-state index contributed by atoms with van der Waals surface area (Å²) in [6, 6.07) is 21.1. The van der Waals surface area contributed by atoms with E-state index in [9.17, 15) is 13.2 Å². The first kappa shape index (κ1) is 24.1. The van der Waals surface area contributed by atoms with Crippen molar-refractivity contribution < 1.29 is 13.2 Å². The second-order valence-corrected chi connectivity index (χ2v) is 11.4. The molecule has 1 heterocycles. The maximum absolute atomic E-state index is 13.5. The van der Waals surface area contributed by atoms with Crippen molar-refractivity contribution in [3.05, 3.63) is 88.4 Å². The first-order valence-corrected chi connectivity index (χ1v) is 13.3. The summed E-state index contributed by atoms with van der Waals surface area (Å²) in [7, 11) is -4.00. The van der Waals surface area contributed by atoms with Crippen molar-refractivity contribution in [3.8, 4) is 10.6 Å². The Kier molecular flexibility index (Phi) is 7.11. The van der Waals surface area contributed by atoms with Crippen molar-refractivity contribution in [2.45, 2.75) is 18.7 Å². The van der Waals surface area contributed by atoms with Crippen molar-refractivity contribution in [1.29, 1.82) is 0 Å². The van der Waals surface area contributed by atoms with Gasteiger partial charge in [-0.3, -0.25) is 14.4 Å². The van der Waals surface area contributed by atoms with Gasteiger partial charge >= 0.3 is 0 Å². The highest BCUT2D eigenvalue weighted by atomic mass is 79.9. The van der Waals surface area contributed by atoms with Gasteiger partial charge in [-0.05, 0) is 44.2 Å². The zero-order valence-corrected chi connectivity index (χ0v) is 21.6. The Labute approximate surface area is 210 Å². The zero-order chi connectivity index (χ0) is 24.3. The van der Waals surface area contributed by atoms with Gasteiger partial charge in [-0.15, -0.1) is 10.2 Å². The number of hydrogen-bond donors (Lipinski definition) is 1. The van der Waals surface area contributed by atoms with Gasteiger partial charge in [-0.2, -0.15) is 0 Å². The smallest absolute Gasteiger partial charge is 0.264 e. The van der Waals surface area contributed by atoms with E-state index in [0.29, 0.717) is 20.3 Å². The van der Waals surface area contributed by atoms with Crippen molar-refractivity contribution in [1.82, 2.24) is 10.2 Å². The predicted molar refractivity (Wildman–Crippen MR) is 139 cm³/mol. The SMILES string of the molecule is Cc1ccc(-c2nnc(NC(=O)CN(c3cccc(Br)c3)S(=O)(=O)c3ccc(C)cc3)s2)cc1. The monoisotopic (exact) mass is 556 g/mol. The summed E-state index contributed by atoms with van der Waals surface area (Å²) in [5.41, 5.74) is 3.32. The number of anilines is 2. The molecular weight excluding hydrogens is 536 g/mol. The Balaban J connectivity index is 1.59. The molecule has 3 aromatic carbocycles. The van der Waals surface area contributed by atoms with Gasteiger partial charge in [-0.25, -0.2) is 8.42 Å². The summed E-state index contributed by atoms with van der Waals surface area (Å²) in [4.78, 5) is 13.0. The van der Waals surface area contributed by atoms with Gasteiger partial charge in [-0.1, -0.05) is 80.9 Å². The molecule has 1 aromatic heterocycles. The minimum Gasteiger partial charge on any atom is -0.299 e. The molecule has 4 aromatic rings. The number of nitrogens with one attached hydrogen (secondary N) is 1. The maximum Gasteiger partial charge on any atom is 0.264 e. The number of sulfonamides is 1. The second kappa shape index (κ2) is 10.0. The number of rotatable bonds is 7. The second-order valence-electron chi connectivity index (χ2n) is 7.63. The van der Waals surface area contributed by atoms with E-state index in [-0.39, 0.29) is 4.90 Å². The third kappa shape index (κ3) is 5.52. The third-order valence-corrected chi connectivity index (χ3v) is 8.13. The lowest BCUT2D eigenvalue weighted by Gasteiger charge is -2.24. The van der Waals surface area contributed by atoms with Crippen LogP contribution in [-0.4, -0.2) is 31.1 Å². The fourth-order valence-corrected chi connectivity index (χ4v) is 5.72. The molecule has 1 N–H and O–H groups in total. The van der Waals surface area contributed by atoms with Crippen LogP contribution >= 0.6 is 27.3 Å². The van der Waals surface area contributed by atoms with E-state index in [4.69, 9.17) is 0 Å². The Morgan fingerprint density at radius 3 is 2.26 bits per heavy atom. The van der Waals surface area contributed by atoms with E-state index in [1.807, 2.05) is 38.1 Å². The molecule has 0 saturated carbocycles. The number of hydrogen-bond acceptors (Lipinski definition) is 6. The molecule has 4 rings (SSSR count). The number of benzene rings is 3. The van der Waals surface area contributed by atoms with E-state index < -0.39 is 22.5 Å². The van der Waals surface area contributed by atoms with Gasteiger partial charge in [0.05, 0.1) is 10.6 Å². The highest BCUT2D eigenvalue weighted by molar-refractivity contribution is 9.10. The van der Waals surface area contributed by atoms with Crippen molar-refractivity contribution >= 4 is 54.0 Å². The van der Waals surface area contributed by atoms with Gasteiger partial charge in [0.25, 0.3) is 10.0 Å². The number of halogens is 1. The van der Waals surface area contributed by atoms with Gasteiger partial charge in [0.2, 0.25) is 11.0 Å². The van der Waals surface area contributed by atoms with E-state index >= 15 is 0 Å². The zero-order valence-electron chi connectivity index (χ0n) is 18.4. The summed E-state index contributed by atoms with van der Waals surface area (Å²) in [5.74, 6) is -0.526. The topological polar surface area (TPSA) is 92.3 Å². The molecule has 0 aliphatic heterocycles. The Hall–Kier alpha value is -3.08. The Bertz CT molecular complexity index is 1420. The molecule has 0 bridgehead atoms. The maximum atomic E-state index is 13.5. The number of aromatic nitrogens is 2. The number of amides is 1. The molecular formula is C24H21BrN4O3S2. The van der Waals surface area contributed by atoms with Crippen LogP contribution in [0.1, 0.15) is 11.1 Å². The third-order valence-electron chi connectivity index (χ3n) is 4.96.